The number of ether oxygens (including phenoxy) is 1. The average Bonchev–Trinajstić information content (AvgIpc) is 2.55. The number of benzene rings is 1. The van der Waals surface area contributed by atoms with E-state index in [1.54, 1.807) is 11.9 Å². The highest BCUT2D eigenvalue weighted by Gasteiger charge is 2.35. The maximum Gasteiger partial charge on any atom is 0.253 e. The maximum atomic E-state index is 14.5. The molecular weight excluding hydrogens is 355 g/mol. The highest BCUT2D eigenvalue weighted by atomic mass is 19.1. The standard InChI is InChI=1S/C18H23FN4O4/c1-22(11-3-2-4-11)16(17(20)25)18(26)21-14-6-5-12(9-13(14)19)23-7-8-27-10-15(23)24/h5-6,9,11,16H,2-4,7-8,10H2,1H3,(H2,20,25)(H,21,26)/t16-/m1/s1. The number of halogens is 1. The molecule has 8 nitrogen and oxygen atoms in total. The molecule has 9 heteroatoms. The molecule has 0 radical (unpaired) electrons. The van der Waals surface area contributed by atoms with E-state index in [0.29, 0.717) is 18.8 Å². The fraction of sp³-hybridized carbons (Fsp3) is 0.500. The molecule has 0 bridgehead atoms. The van der Waals surface area contributed by atoms with Crippen molar-refractivity contribution in [3.05, 3.63) is 24.0 Å². The smallest absolute Gasteiger partial charge is 0.253 e. The summed E-state index contributed by atoms with van der Waals surface area (Å²) in [5, 5.41) is 2.43. The van der Waals surface area contributed by atoms with Crippen LogP contribution in [0.15, 0.2) is 18.2 Å². The highest BCUT2D eigenvalue weighted by Crippen LogP contribution is 2.27. The van der Waals surface area contributed by atoms with Crippen molar-refractivity contribution < 1.29 is 23.5 Å². The topological polar surface area (TPSA) is 105 Å². The average molecular weight is 378 g/mol. The third-order valence-corrected chi connectivity index (χ3v) is 5.08. The fourth-order valence-corrected chi connectivity index (χ4v) is 3.29. The van der Waals surface area contributed by atoms with Gasteiger partial charge in [0.1, 0.15) is 12.4 Å². The van der Waals surface area contributed by atoms with Gasteiger partial charge in [0.15, 0.2) is 6.04 Å². The summed E-state index contributed by atoms with van der Waals surface area (Å²) in [6.45, 7) is 0.660. The Bertz CT molecular complexity index is 753. The molecule has 1 aromatic carbocycles. The van der Waals surface area contributed by atoms with Gasteiger partial charge in [-0.1, -0.05) is 6.42 Å². The zero-order valence-corrected chi connectivity index (χ0v) is 15.1. The van der Waals surface area contributed by atoms with Gasteiger partial charge >= 0.3 is 0 Å². The van der Waals surface area contributed by atoms with Crippen LogP contribution >= 0.6 is 0 Å². The predicted molar refractivity (Wildman–Crippen MR) is 96.6 cm³/mol. The number of carbonyl (C=O) groups is 3. The van der Waals surface area contributed by atoms with Crippen molar-refractivity contribution in [3.8, 4) is 0 Å². The van der Waals surface area contributed by atoms with E-state index in [1.807, 2.05) is 0 Å². The van der Waals surface area contributed by atoms with Crippen LogP contribution in [-0.4, -0.2) is 61.5 Å². The molecule has 3 N–H and O–H groups in total. The zero-order valence-electron chi connectivity index (χ0n) is 15.1. The minimum atomic E-state index is -1.17. The molecule has 2 fully saturated rings. The summed E-state index contributed by atoms with van der Waals surface area (Å²) in [4.78, 5) is 39.2. The molecule has 1 saturated carbocycles. The first-order valence-corrected chi connectivity index (χ1v) is 8.88. The maximum absolute atomic E-state index is 14.5. The van der Waals surface area contributed by atoms with Crippen molar-refractivity contribution in [3.63, 3.8) is 0 Å². The molecule has 0 spiro atoms. The number of likely N-dealkylation sites (N-methyl/N-ethyl adjacent to an activating group) is 1. The second-order valence-corrected chi connectivity index (χ2v) is 6.81. The minimum Gasteiger partial charge on any atom is -0.370 e. The van der Waals surface area contributed by atoms with Crippen LogP contribution in [0.25, 0.3) is 0 Å². The fourth-order valence-electron chi connectivity index (χ4n) is 3.29. The van der Waals surface area contributed by atoms with Gasteiger partial charge < -0.3 is 20.7 Å². The summed E-state index contributed by atoms with van der Waals surface area (Å²) in [6.07, 6.45) is 2.83. The number of nitrogens with two attached hydrogens (primary N) is 1. The molecule has 2 aliphatic rings. The number of anilines is 2. The van der Waals surface area contributed by atoms with Crippen molar-refractivity contribution in [2.45, 2.75) is 31.3 Å². The van der Waals surface area contributed by atoms with Gasteiger partial charge in [0.2, 0.25) is 5.91 Å². The molecule has 0 aromatic heterocycles. The van der Waals surface area contributed by atoms with Crippen molar-refractivity contribution in [2.75, 3.05) is 37.0 Å². The lowest BCUT2D eigenvalue weighted by molar-refractivity contribution is -0.133. The molecule has 1 saturated heterocycles. The van der Waals surface area contributed by atoms with Crippen molar-refractivity contribution >= 4 is 29.1 Å². The van der Waals surface area contributed by atoms with E-state index in [2.05, 4.69) is 5.32 Å². The summed E-state index contributed by atoms with van der Waals surface area (Å²) >= 11 is 0. The molecule has 1 atom stereocenters. The van der Waals surface area contributed by atoms with Gasteiger partial charge in [-0.05, 0) is 38.1 Å². The van der Waals surface area contributed by atoms with E-state index in [9.17, 15) is 18.8 Å². The normalized spacial score (nSPS) is 18.9. The number of amides is 3. The summed E-state index contributed by atoms with van der Waals surface area (Å²) < 4.78 is 19.5. The van der Waals surface area contributed by atoms with E-state index in [0.717, 1.165) is 19.3 Å². The van der Waals surface area contributed by atoms with Crippen molar-refractivity contribution in [1.29, 1.82) is 0 Å². The van der Waals surface area contributed by atoms with Crippen LogP contribution < -0.4 is 16.0 Å². The van der Waals surface area contributed by atoms with Crippen LogP contribution in [0, 0.1) is 5.82 Å². The molecule has 1 aliphatic heterocycles. The van der Waals surface area contributed by atoms with E-state index in [-0.39, 0.29) is 24.2 Å². The van der Waals surface area contributed by atoms with Crippen molar-refractivity contribution in [2.24, 2.45) is 5.73 Å². The van der Waals surface area contributed by atoms with Gasteiger partial charge in [0, 0.05) is 18.3 Å². The van der Waals surface area contributed by atoms with Crippen LogP contribution in [0.3, 0.4) is 0 Å². The van der Waals surface area contributed by atoms with E-state index in [4.69, 9.17) is 10.5 Å². The van der Waals surface area contributed by atoms with Crippen LogP contribution in [0.2, 0.25) is 0 Å². The van der Waals surface area contributed by atoms with Crippen LogP contribution in [0.4, 0.5) is 15.8 Å². The van der Waals surface area contributed by atoms with Crippen LogP contribution in [0.5, 0.6) is 0 Å². The quantitative estimate of drug-likeness (QED) is 0.700. The van der Waals surface area contributed by atoms with Crippen molar-refractivity contribution in [1.82, 2.24) is 4.90 Å². The molecule has 1 aliphatic carbocycles. The Morgan fingerprint density at radius 2 is 2.15 bits per heavy atom. The van der Waals surface area contributed by atoms with Gasteiger partial charge in [0.05, 0.1) is 12.3 Å². The second kappa shape index (κ2) is 8.01. The van der Waals surface area contributed by atoms with Gasteiger partial charge in [-0.25, -0.2) is 4.39 Å². The number of hydrogen-bond donors (Lipinski definition) is 2. The lowest BCUT2D eigenvalue weighted by Crippen LogP contribution is -2.55. The summed E-state index contributed by atoms with van der Waals surface area (Å²) in [5.74, 6) is -2.41. The molecule has 1 aromatic rings. The minimum absolute atomic E-state index is 0.0477. The summed E-state index contributed by atoms with van der Waals surface area (Å²) in [5.41, 5.74) is 5.71. The predicted octanol–water partition coefficient (Wildman–Crippen LogP) is 0.466. The summed E-state index contributed by atoms with van der Waals surface area (Å²) in [6, 6.07) is 3.03. The summed E-state index contributed by atoms with van der Waals surface area (Å²) in [7, 11) is 1.67. The lowest BCUT2D eigenvalue weighted by Gasteiger charge is -2.37. The Morgan fingerprint density at radius 1 is 1.41 bits per heavy atom. The number of morpholine rings is 1. The molecule has 0 unspecified atom stereocenters. The number of primary amides is 1. The van der Waals surface area contributed by atoms with Crippen LogP contribution in [-0.2, 0) is 19.1 Å². The number of nitrogens with one attached hydrogen (secondary N) is 1. The van der Waals surface area contributed by atoms with Gasteiger partial charge in [-0.3, -0.25) is 19.3 Å². The third-order valence-electron chi connectivity index (χ3n) is 5.08. The lowest BCUT2D eigenvalue weighted by atomic mass is 9.90. The first-order valence-electron chi connectivity index (χ1n) is 8.88. The Labute approximate surface area is 156 Å². The second-order valence-electron chi connectivity index (χ2n) is 6.81. The zero-order chi connectivity index (χ0) is 19.6. The van der Waals surface area contributed by atoms with Crippen LogP contribution in [0.1, 0.15) is 19.3 Å². The van der Waals surface area contributed by atoms with Gasteiger partial charge in [-0.15, -0.1) is 0 Å². The van der Waals surface area contributed by atoms with Gasteiger partial charge in [-0.2, -0.15) is 0 Å². The molecular formula is C18H23FN4O4. The molecule has 1 heterocycles. The largest absolute Gasteiger partial charge is 0.370 e. The van der Waals surface area contributed by atoms with E-state index in [1.165, 1.54) is 23.1 Å². The number of carbonyl (C=O) groups excluding carboxylic acids is 3. The van der Waals surface area contributed by atoms with Gasteiger partial charge in [0.25, 0.3) is 11.8 Å². The molecule has 146 valence electrons. The number of hydrogen-bond acceptors (Lipinski definition) is 5. The number of rotatable bonds is 6. The number of nitrogens with zero attached hydrogens (tertiary/aromatic N) is 2. The Hall–Kier alpha value is -2.52. The van der Waals surface area contributed by atoms with E-state index < -0.39 is 23.7 Å². The Morgan fingerprint density at radius 3 is 2.70 bits per heavy atom. The first kappa shape index (κ1) is 19.2. The highest BCUT2D eigenvalue weighted by molar-refractivity contribution is 6.09. The first-order chi connectivity index (χ1) is 12.9. The molecule has 3 rings (SSSR count). The SMILES string of the molecule is CN(C1CCC1)[C@H](C(N)=O)C(=O)Nc1ccc(N2CCOCC2=O)cc1F. The third kappa shape index (κ3) is 4.09. The molecule has 3 amide bonds. The van der Waals surface area contributed by atoms with E-state index >= 15 is 0 Å². The monoisotopic (exact) mass is 378 g/mol. The Balaban J connectivity index is 1.73. The Kier molecular flexibility index (Phi) is 5.71. The molecule has 27 heavy (non-hydrogen) atoms.